The van der Waals surface area contributed by atoms with E-state index in [4.69, 9.17) is 15.6 Å². The highest BCUT2D eigenvalue weighted by Gasteiger charge is 2.53. The third kappa shape index (κ3) is 5.80. The number of fused-ring (bicyclic) bond motifs is 1. The molecule has 9 nitrogen and oxygen atoms in total. The van der Waals surface area contributed by atoms with Crippen molar-refractivity contribution in [2.75, 3.05) is 31.9 Å². The molecule has 1 amide bonds. The van der Waals surface area contributed by atoms with E-state index in [1.165, 1.54) is 64.2 Å². The Hall–Kier alpha value is -3.98. The lowest BCUT2D eigenvalue weighted by atomic mass is 9.49. The maximum Gasteiger partial charge on any atom is 0.223 e. The highest BCUT2D eigenvalue weighted by molar-refractivity contribution is 5.98. The Morgan fingerprint density at radius 2 is 1.43 bits per heavy atom. The van der Waals surface area contributed by atoms with Crippen molar-refractivity contribution >= 4 is 22.8 Å². The average Bonchev–Trinajstić information content (AvgIpc) is 3.52. The number of hydrogen-bond acceptors (Lipinski definition) is 7. The van der Waals surface area contributed by atoms with Gasteiger partial charge in [0.15, 0.2) is 5.65 Å². The lowest BCUT2D eigenvalue weighted by molar-refractivity contribution is -0.144. The first-order chi connectivity index (χ1) is 24.9. The van der Waals surface area contributed by atoms with Crippen LogP contribution in [0.25, 0.3) is 22.3 Å². The number of aromatic nitrogens is 4. The minimum Gasteiger partial charge on any atom is -0.457 e. The molecule has 266 valence electrons. The Kier molecular flexibility index (Phi) is 7.66. The number of hydrogen-bond donors (Lipinski definition) is 1. The summed E-state index contributed by atoms with van der Waals surface area (Å²) in [6.45, 7) is 4.10. The van der Waals surface area contributed by atoms with Crippen molar-refractivity contribution < 1.29 is 9.53 Å². The lowest BCUT2D eigenvalue weighted by Gasteiger charge is -2.58. The first kappa shape index (κ1) is 31.7. The molecule has 2 aromatic heterocycles. The van der Waals surface area contributed by atoms with Gasteiger partial charge in [-0.3, -0.25) is 4.79 Å². The summed E-state index contributed by atoms with van der Waals surface area (Å²) in [5.74, 6) is 5.26. The molecule has 5 aliphatic carbocycles. The molecule has 1 spiro atoms. The number of ether oxygens (including phenoxy) is 1. The van der Waals surface area contributed by atoms with Crippen LogP contribution < -0.4 is 10.5 Å². The second kappa shape index (κ2) is 12.3. The van der Waals surface area contributed by atoms with Crippen LogP contribution in [0.3, 0.4) is 0 Å². The number of para-hydroxylation sites is 1. The number of nitrogens with two attached hydrogens (primary N) is 1. The van der Waals surface area contributed by atoms with Crippen LogP contribution in [0.15, 0.2) is 60.9 Å². The molecular weight excluding hydrogens is 635 g/mol. The molecule has 2 N–H and O–H groups in total. The van der Waals surface area contributed by atoms with E-state index in [0.29, 0.717) is 28.6 Å². The van der Waals surface area contributed by atoms with Crippen molar-refractivity contribution in [2.45, 2.75) is 95.6 Å². The van der Waals surface area contributed by atoms with Crippen molar-refractivity contribution in [1.29, 1.82) is 0 Å². The number of nitrogen functional groups attached to an aromatic ring is 1. The summed E-state index contributed by atoms with van der Waals surface area (Å²) in [5, 5.41) is 5.97. The van der Waals surface area contributed by atoms with Gasteiger partial charge >= 0.3 is 0 Å². The van der Waals surface area contributed by atoms with E-state index in [1.807, 2.05) is 54.6 Å². The van der Waals surface area contributed by atoms with Gasteiger partial charge in [0.2, 0.25) is 5.91 Å². The first-order valence-electron chi connectivity index (χ1n) is 19.7. The van der Waals surface area contributed by atoms with Crippen LogP contribution in [0.2, 0.25) is 0 Å². The van der Waals surface area contributed by atoms with Gasteiger partial charge in [-0.15, -0.1) is 0 Å². The van der Waals surface area contributed by atoms with E-state index in [0.717, 1.165) is 97.0 Å². The Morgan fingerprint density at radius 3 is 2.10 bits per heavy atom. The number of carbonyl (C=O) groups excluding carboxylic acids is 1. The number of amides is 1. The average molecular weight is 686 g/mol. The third-order valence-corrected chi connectivity index (χ3v) is 14.2. The fourth-order valence-electron chi connectivity index (χ4n) is 12.0. The predicted octanol–water partition coefficient (Wildman–Crippen LogP) is 7.88. The minimum absolute atomic E-state index is 0.268. The highest BCUT2D eigenvalue weighted by Crippen LogP contribution is 2.61. The van der Waals surface area contributed by atoms with Crippen molar-refractivity contribution in [3.63, 3.8) is 0 Å². The SMILES string of the molecule is Nc1ncnc2c1c(-c1ccc(Oc3ccccc3)cc1)nn2C1CCN(C2CC3(CCN(C(=O)CC45CC6CC(CC(C6)C4)C5)CC3)C2)CC1. The molecule has 7 fully saturated rings. The van der Waals surface area contributed by atoms with Gasteiger partial charge in [0.1, 0.15) is 29.3 Å². The lowest BCUT2D eigenvalue weighted by Crippen LogP contribution is -2.57. The molecule has 5 saturated carbocycles. The van der Waals surface area contributed by atoms with Gasteiger partial charge < -0.3 is 20.3 Å². The number of carbonyl (C=O) groups is 1. The predicted molar refractivity (Wildman–Crippen MR) is 198 cm³/mol. The standard InChI is InChI=1S/C42H51N7O2/c43-39-37-38(31-6-8-35(9-7-31)51-34-4-2-1-3-5-34)46-49(40(37)45-27-44-39)32-10-14-47(15-11-32)33-24-41(25-33)12-16-48(17-13-41)36(50)26-42-21-28-18-29(22-42)20-30(19-28)23-42/h1-9,27-30,32-33H,10-26H2,(H2,43,44,45). The number of rotatable bonds is 7. The maximum absolute atomic E-state index is 13.6. The van der Waals surface area contributed by atoms with E-state index < -0.39 is 0 Å². The molecule has 4 heterocycles. The first-order valence-corrected chi connectivity index (χ1v) is 19.7. The second-order valence-corrected chi connectivity index (χ2v) is 17.5. The molecule has 2 aromatic carbocycles. The van der Waals surface area contributed by atoms with Crippen LogP contribution >= 0.6 is 0 Å². The summed E-state index contributed by atoms with van der Waals surface area (Å²) < 4.78 is 8.14. The summed E-state index contributed by atoms with van der Waals surface area (Å²) >= 11 is 0. The monoisotopic (exact) mass is 685 g/mol. The number of piperidine rings is 2. The van der Waals surface area contributed by atoms with Gasteiger partial charge in [-0.05, 0) is 142 Å². The Balaban J connectivity index is 0.749. The third-order valence-electron chi connectivity index (χ3n) is 14.2. The summed E-state index contributed by atoms with van der Waals surface area (Å²) in [5.41, 5.74) is 9.86. The van der Waals surface area contributed by atoms with Crippen LogP contribution in [0.5, 0.6) is 11.5 Å². The number of benzene rings is 2. The van der Waals surface area contributed by atoms with Crippen molar-refractivity contribution in [1.82, 2.24) is 29.5 Å². The van der Waals surface area contributed by atoms with E-state index >= 15 is 0 Å². The van der Waals surface area contributed by atoms with Crippen LogP contribution in [0.1, 0.15) is 89.5 Å². The van der Waals surface area contributed by atoms with E-state index in [1.54, 1.807) is 6.33 Å². The van der Waals surface area contributed by atoms with E-state index in [9.17, 15) is 4.79 Å². The molecule has 11 rings (SSSR count). The van der Waals surface area contributed by atoms with Crippen molar-refractivity contribution in [3.8, 4) is 22.8 Å². The Labute approximate surface area is 300 Å². The fourth-order valence-corrected chi connectivity index (χ4v) is 12.0. The van der Waals surface area contributed by atoms with Crippen LogP contribution in [0.4, 0.5) is 5.82 Å². The summed E-state index contributed by atoms with van der Waals surface area (Å²) in [4.78, 5) is 27.6. The van der Waals surface area contributed by atoms with Gasteiger partial charge in [-0.2, -0.15) is 5.10 Å². The summed E-state index contributed by atoms with van der Waals surface area (Å²) in [7, 11) is 0. The van der Waals surface area contributed by atoms with Gasteiger partial charge in [-0.1, -0.05) is 18.2 Å². The summed E-state index contributed by atoms with van der Waals surface area (Å²) in [6.07, 6.45) is 17.8. The molecular formula is C42H51N7O2. The smallest absolute Gasteiger partial charge is 0.223 e. The van der Waals surface area contributed by atoms with Crippen molar-refractivity contribution in [2.24, 2.45) is 28.6 Å². The maximum atomic E-state index is 13.6. The topological polar surface area (TPSA) is 102 Å². The molecule has 0 atom stereocenters. The van der Waals surface area contributed by atoms with E-state index in [-0.39, 0.29) is 6.04 Å². The number of nitrogens with zero attached hydrogens (tertiary/aromatic N) is 6. The van der Waals surface area contributed by atoms with Gasteiger partial charge in [0, 0.05) is 44.2 Å². The second-order valence-electron chi connectivity index (χ2n) is 17.5. The van der Waals surface area contributed by atoms with Gasteiger partial charge in [0.05, 0.1) is 11.4 Å². The van der Waals surface area contributed by atoms with Crippen molar-refractivity contribution in [3.05, 3.63) is 60.9 Å². The van der Waals surface area contributed by atoms with Crippen LogP contribution in [0, 0.1) is 28.6 Å². The fraction of sp³-hybridized carbons (Fsp3) is 0.571. The quantitative estimate of drug-likeness (QED) is 0.211. The Bertz CT molecular complexity index is 1860. The normalized spacial score (nSPS) is 29.1. The zero-order chi connectivity index (χ0) is 34.2. The summed E-state index contributed by atoms with van der Waals surface area (Å²) in [6, 6.07) is 18.8. The zero-order valence-electron chi connectivity index (χ0n) is 29.8. The number of likely N-dealkylation sites (tertiary alicyclic amines) is 2. The van der Waals surface area contributed by atoms with Crippen LogP contribution in [-0.4, -0.2) is 67.7 Å². The highest BCUT2D eigenvalue weighted by atomic mass is 16.5. The zero-order valence-corrected chi connectivity index (χ0v) is 29.8. The van der Waals surface area contributed by atoms with Gasteiger partial charge in [-0.25, -0.2) is 14.6 Å². The molecule has 2 aliphatic heterocycles. The Morgan fingerprint density at radius 1 is 0.784 bits per heavy atom. The van der Waals surface area contributed by atoms with Gasteiger partial charge in [0.25, 0.3) is 0 Å². The van der Waals surface area contributed by atoms with Crippen LogP contribution in [-0.2, 0) is 4.79 Å². The minimum atomic E-state index is 0.268. The molecule has 7 aliphatic rings. The molecule has 0 radical (unpaired) electrons. The number of anilines is 1. The molecule has 4 aromatic rings. The molecule has 9 heteroatoms. The van der Waals surface area contributed by atoms with E-state index in [2.05, 4.69) is 24.4 Å². The molecule has 4 bridgehead atoms. The molecule has 2 saturated heterocycles. The largest absolute Gasteiger partial charge is 0.457 e. The molecule has 51 heavy (non-hydrogen) atoms. The molecule has 0 unspecified atom stereocenters.